The molecule has 0 bridgehead atoms. The van der Waals surface area contributed by atoms with Crippen molar-refractivity contribution in [2.45, 2.75) is 38.7 Å². The molecule has 0 aliphatic carbocycles. The van der Waals surface area contributed by atoms with E-state index in [2.05, 4.69) is 17.0 Å². The molecule has 1 saturated heterocycles. The van der Waals surface area contributed by atoms with E-state index in [0.717, 1.165) is 37.5 Å². The minimum atomic E-state index is -0.153. The van der Waals surface area contributed by atoms with E-state index in [1.165, 1.54) is 18.5 Å². The third-order valence-corrected chi connectivity index (χ3v) is 3.87. The van der Waals surface area contributed by atoms with Gasteiger partial charge in [-0.2, -0.15) is 0 Å². The van der Waals surface area contributed by atoms with Gasteiger partial charge in [-0.25, -0.2) is 0 Å². The number of nitrogens with zero attached hydrogens (tertiary/aromatic N) is 1. The first kappa shape index (κ1) is 13.2. The molecule has 1 aliphatic rings. The summed E-state index contributed by atoms with van der Waals surface area (Å²) in [4.78, 5) is 2.43. The third kappa shape index (κ3) is 3.64. The summed E-state index contributed by atoms with van der Waals surface area (Å²) in [6.45, 7) is 4.12. The van der Waals surface area contributed by atoms with Gasteiger partial charge in [-0.3, -0.25) is 0 Å². The number of benzene rings is 1. The quantitative estimate of drug-likeness (QED) is 0.805. The van der Waals surface area contributed by atoms with Crippen LogP contribution in [-0.4, -0.2) is 24.3 Å². The Bertz CT molecular complexity index is 353. The van der Waals surface area contributed by atoms with E-state index in [-0.39, 0.29) is 6.10 Å². The van der Waals surface area contributed by atoms with Gasteiger partial charge in [-0.05, 0) is 62.8 Å². The van der Waals surface area contributed by atoms with Gasteiger partial charge in [0.1, 0.15) is 0 Å². The van der Waals surface area contributed by atoms with Crippen molar-refractivity contribution in [1.82, 2.24) is 0 Å². The molecule has 1 heterocycles. The van der Waals surface area contributed by atoms with E-state index in [4.69, 9.17) is 5.73 Å². The minimum Gasteiger partial charge on any atom is -0.399 e. The first-order valence-corrected chi connectivity index (χ1v) is 6.93. The molecular formula is C15H24N2O. The van der Waals surface area contributed by atoms with Gasteiger partial charge in [-0.15, -0.1) is 0 Å². The number of aliphatic hydroxyl groups excluding tert-OH is 1. The molecule has 3 N–H and O–H groups in total. The highest BCUT2D eigenvalue weighted by Crippen LogP contribution is 2.26. The molecule has 18 heavy (non-hydrogen) atoms. The highest BCUT2D eigenvalue weighted by atomic mass is 16.3. The Morgan fingerprint density at radius 3 is 2.44 bits per heavy atom. The van der Waals surface area contributed by atoms with Crippen LogP contribution in [0.15, 0.2) is 24.3 Å². The zero-order chi connectivity index (χ0) is 13.0. The maximum atomic E-state index is 9.32. The van der Waals surface area contributed by atoms with E-state index in [1.807, 2.05) is 19.1 Å². The lowest BCUT2D eigenvalue weighted by Crippen LogP contribution is -2.33. The van der Waals surface area contributed by atoms with Gasteiger partial charge in [-0.1, -0.05) is 0 Å². The van der Waals surface area contributed by atoms with Crippen molar-refractivity contribution in [3.63, 3.8) is 0 Å². The molecule has 1 aliphatic heterocycles. The fraction of sp³-hybridized carbons (Fsp3) is 0.600. The van der Waals surface area contributed by atoms with E-state index in [1.54, 1.807) is 0 Å². The number of nitrogens with two attached hydrogens (primary N) is 1. The lowest BCUT2D eigenvalue weighted by molar-refractivity contribution is 0.169. The van der Waals surface area contributed by atoms with Crippen LogP contribution in [0.3, 0.4) is 0 Å². The highest BCUT2D eigenvalue weighted by molar-refractivity contribution is 5.53. The summed E-state index contributed by atoms with van der Waals surface area (Å²) in [5.74, 6) is 0.782. The van der Waals surface area contributed by atoms with Crippen LogP contribution in [0.25, 0.3) is 0 Å². The van der Waals surface area contributed by atoms with Crippen LogP contribution in [-0.2, 0) is 0 Å². The lowest BCUT2D eigenvalue weighted by atomic mass is 9.91. The largest absolute Gasteiger partial charge is 0.399 e. The second-order valence-corrected chi connectivity index (χ2v) is 5.45. The predicted octanol–water partition coefficient (Wildman–Crippen LogP) is 2.65. The zero-order valence-corrected chi connectivity index (χ0v) is 11.2. The molecule has 1 fully saturated rings. The van der Waals surface area contributed by atoms with Crippen molar-refractivity contribution in [2.24, 2.45) is 5.92 Å². The molecule has 1 aromatic rings. The van der Waals surface area contributed by atoms with Crippen molar-refractivity contribution in [3.8, 4) is 0 Å². The average Bonchev–Trinajstić information content (AvgIpc) is 2.38. The monoisotopic (exact) mass is 248 g/mol. The Kier molecular flexibility index (Phi) is 4.48. The van der Waals surface area contributed by atoms with Crippen molar-refractivity contribution in [2.75, 3.05) is 23.7 Å². The normalized spacial score (nSPS) is 18.9. The second kappa shape index (κ2) is 6.10. The molecule has 3 nitrogen and oxygen atoms in total. The Morgan fingerprint density at radius 1 is 1.28 bits per heavy atom. The minimum absolute atomic E-state index is 0.153. The predicted molar refractivity (Wildman–Crippen MR) is 76.7 cm³/mol. The SMILES string of the molecule is CC(O)CCC1CCN(c2ccc(N)cc2)CC1. The van der Waals surface area contributed by atoms with Gasteiger partial charge in [0.2, 0.25) is 0 Å². The molecule has 2 rings (SSSR count). The first-order chi connectivity index (χ1) is 8.65. The number of hydrogen-bond acceptors (Lipinski definition) is 3. The van der Waals surface area contributed by atoms with Crippen LogP contribution >= 0.6 is 0 Å². The zero-order valence-electron chi connectivity index (χ0n) is 11.2. The number of hydrogen-bond donors (Lipinski definition) is 2. The maximum Gasteiger partial charge on any atom is 0.0512 e. The number of piperidine rings is 1. The molecule has 1 unspecified atom stereocenters. The third-order valence-electron chi connectivity index (χ3n) is 3.87. The fourth-order valence-corrected chi connectivity index (χ4v) is 2.64. The second-order valence-electron chi connectivity index (χ2n) is 5.45. The van der Waals surface area contributed by atoms with E-state index < -0.39 is 0 Å². The molecule has 1 atom stereocenters. The van der Waals surface area contributed by atoms with Crippen LogP contribution in [0, 0.1) is 5.92 Å². The smallest absolute Gasteiger partial charge is 0.0512 e. The Labute approximate surface area is 110 Å². The Balaban J connectivity index is 1.81. The molecule has 0 aromatic heterocycles. The summed E-state index contributed by atoms with van der Waals surface area (Å²) in [6, 6.07) is 8.14. The summed E-state index contributed by atoms with van der Waals surface area (Å²) in [6.07, 6.45) is 4.41. The summed E-state index contributed by atoms with van der Waals surface area (Å²) in [5.41, 5.74) is 7.80. The number of aliphatic hydroxyl groups is 1. The van der Waals surface area contributed by atoms with Crippen LogP contribution in [0.1, 0.15) is 32.6 Å². The van der Waals surface area contributed by atoms with Gasteiger partial charge in [0.15, 0.2) is 0 Å². The van der Waals surface area contributed by atoms with Crippen molar-refractivity contribution < 1.29 is 5.11 Å². The van der Waals surface area contributed by atoms with Gasteiger partial charge in [0.05, 0.1) is 6.10 Å². The number of anilines is 2. The number of nitrogen functional groups attached to an aromatic ring is 1. The first-order valence-electron chi connectivity index (χ1n) is 6.93. The van der Waals surface area contributed by atoms with E-state index in [0.29, 0.717) is 0 Å². The molecule has 100 valence electrons. The Hall–Kier alpha value is -1.22. The summed E-state index contributed by atoms with van der Waals surface area (Å²) in [5, 5.41) is 9.32. The van der Waals surface area contributed by atoms with Crippen LogP contribution in [0.5, 0.6) is 0 Å². The summed E-state index contributed by atoms with van der Waals surface area (Å²) in [7, 11) is 0. The molecule has 1 aromatic carbocycles. The summed E-state index contributed by atoms with van der Waals surface area (Å²) < 4.78 is 0. The molecule has 0 spiro atoms. The van der Waals surface area contributed by atoms with Crippen LogP contribution in [0.2, 0.25) is 0 Å². The molecule has 0 radical (unpaired) electrons. The van der Waals surface area contributed by atoms with E-state index in [9.17, 15) is 5.11 Å². The summed E-state index contributed by atoms with van der Waals surface area (Å²) >= 11 is 0. The molecule has 0 amide bonds. The molecular weight excluding hydrogens is 224 g/mol. The van der Waals surface area contributed by atoms with Gasteiger partial charge >= 0.3 is 0 Å². The Morgan fingerprint density at radius 2 is 1.89 bits per heavy atom. The molecule has 3 heteroatoms. The van der Waals surface area contributed by atoms with Gasteiger partial charge in [0, 0.05) is 24.5 Å². The van der Waals surface area contributed by atoms with Gasteiger partial charge < -0.3 is 15.7 Å². The van der Waals surface area contributed by atoms with E-state index >= 15 is 0 Å². The van der Waals surface area contributed by atoms with Crippen molar-refractivity contribution in [3.05, 3.63) is 24.3 Å². The lowest BCUT2D eigenvalue weighted by Gasteiger charge is -2.34. The van der Waals surface area contributed by atoms with Crippen LogP contribution < -0.4 is 10.6 Å². The highest BCUT2D eigenvalue weighted by Gasteiger charge is 2.19. The van der Waals surface area contributed by atoms with Gasteiger partial charge in [0.25, 0.3) is 0 Å². The standard InChI is InChI=1S/C15H24N2O/c1-12(18)2-3-13-8-10-17(11-9-13)15-6-4-14(16)5-7-15/h4-7,12-13,18H,2-3,8-11,16H2,1H3. The molecule has 0 saturated carbocycles. The fourth-order valence-electron chi connectivity index (χ4n) is 2.64. The van der Waals surface area contributed by atoms with Crippen LogP contribution in [0.4, 0.5) is 11.4 Å². The maximum absolute atomic E-state index is 9.32. The number of rotatable bonds is 4. The topological polar surface area (TPSA) is 49.5 Å². The average molecular weight is 248 g/mol. The van der Waals surface area contributed by atoms with Crippen molar-refractivity contribution in [1.29, 1.82) is 0 Å². The van der Waals surface area contributed by atoms with Crippen molar-refractivity contribution >= 4 is 11.4 Å².